The number of rotatable bonds is 5. The van der Waals surface area contributed by atoms with E-state index in [-0.39, 0.29) is 0 Å². The molecule has 0 amide bonds. The smallest absolute Gasteiger partial charge is 0.104 e. The molecule has 5 aromatic heterocycles. The van der Waals surface area contributed by atoms with Crippen LogP contribution in [0.3, 0.4) is 0 Å². The number of fused-ring (bicyclic) bond motifs is 15. The maximum absolute atomic E-state index is 13.0. The highest BCUT2D eigenvalue weighted by molar-refractivity contribution is 7.26. The molecule has 0 aliphatic rings. The highest BCUT2D eigenvalue weighted by atomic mass is 32.1. The number of aromatic nitrogens is 4. The number of aryl methyl sites for hydroxylation is 4. The van der Waals surface area contributed by atoms with E-state index in [1.54, 1.807) is 0 Å². The Balaban J connectivity index is 1.31. The minimum absolute atomic E-state index is 0.562. The Labute approximate surface area is 447 Å². The second-order valence-electron chi connectivity index (χ2n) is 21.0. The molecule has 0 bridgehead atoms. The summed E-state index contributed by atoms with van der Waals surface area (Å²) >= 11 is 1.84. The summed E-state index contributed by atoms with van der Waals surface area (Å²) in [6.07, 6.45) is 0. The molecule has 0 spiro atoms. The molecule has 5 nitrogen and oxygen atoms in total. The normalized spacial score (nSPS) is 12.1. The van der Waals surface area contributed by atoms with Crippen LogP contribution in [-0.4, -0.2) is 18.3 Å². The van der Waals surface area contributed by atoms with Gasteiger partial charge in [-0.15, -0.1) is 11.3 Å². The predicted octanol–water partition coefficient (Wildman–Crippen LogP) is 19.2. The summed E-state index contributed by atoms with van der Waals surface area (Å²) in [5.41, 5.74) is 19.1. The molecule has 16 rings (SSSR count). The summed E-state index contributed by atoms with van der Waals surface area (Å²) in [6, 6.07) is 81.5. The second kappa shape index (κ2) is 16.2. The van der Waals surface area contributed by atoms with Crippen molar-refractivity contribution >= 4 is 119 Å². The van der Waals surface area contributed by atoms with Gasteiger partial charge in [0.15, 0.2) is 0 Å². The van der Waals surface area contributed by atoms with Gasteiger partial charge < -0.3 is 18.3 Å². The Morgan fingerprint density at radius 3 is 1.03 bits per heavy atom. The summed E-state index contributed by atoms with van der Waals surface area (Å²) in [4.78, 5) is 0. The fourth-order valence-electron chi connectivity index (χ4n) is 13.2. The Kier molecular flexibility index (Phi) is 9.18. The van der Waals surface area contributed by atoms with Crippen LogP contribution in [0, 0.1) is 39.0 Å². The number of hydrogen-bond acceptors (Lipinski definition) is 2. The largest absolute Gasteiger partial charge is 0.306 e. The molecule has 0 aliphatic heterocycles. The summed E-state index contributed by atoms with van der Waals surface area (Å²) in [5, 5.41) is 24.5. The Morgan fingerprint density at radius 2 is 0.636 bits per heavy atom. The molecule has 0 atom stereocenters. The van der Waals surface area contributed by atoms with Crippen LogP contribution in [-0.2, 0) is 0 Å². The van der Waals surface area contributed by atoms with E-state index < -0.39 is 0 Å². The standard InChI is InChI=1S/C71H47N5S/c1-41-28-32-49-45-16-5-10-22-56(45)73(60(49)36-41)68-55(40-72)69(74-57-23-11-6-17-46(57)50-33-29-42(2)37-61(50)74)71(76-59-25-13-8-19-48(59)52-35-31-44(4)39-63(52)76)67(54-21-15-27-65-66(54)53-20-9-14-26-64(53)77-65)70(68)75-58-24-12-7-18-47(58)51-34-30-43(3)38-62(51)75/h5-39H,1-4H3. The van der Waals surface area contributed by atoms with E-state index in [0.29, 0.717) is 5.56 Å². The van der Waals surface area contributed by atoms with Gasteiger partial charge in [0.1, 0.15) is 11.6 Å². The fourth-order valence-corrected chi connectivity index (χ4v) is 14.3. The van der Waals surface area contributed by atoms with Crippen molar-refractivity contribution in [1.29, 1.82) is 5.26 Å². The lowest BCUT2D eigenvalue weighted by Gasteiger charge is -2.29. The van der Waals surface area contributed by atoms with Gasteiger partial charge in [0, 0.05) is 68.8 Å². The van der Waals surface area contributed by atoms with Gasteiger partial charge in [-0.1, -0.05) is 152 Å². The molecule has 0 fully saturated rings. The van der Waals surface area contributed by atoms with Crippen molar-refractivity contribution in [3.63, 3.8) is 0 Å². The van der Waals surface area contributed by atoms with Gasteiger partial charge in [-0.3, -0.25) is 0 Å². The molecule has 77 heavy (non-hydrogen) atoms. The van der Waals surface area contributed by atoms with Crippen molar-refractivity contribution in [2.75, 3.05) is 0 Å². The molecule has 11 aromatic carbocycles. The van der Waals surface area contributed by atoms with Crippen LogP contribution < -0.4 is 0 Å². The number of para-hydroxylation sites is 4. The molecule has 6 heteroatoms. The number of nitrogens with zero attached hydrogens (tertiary/aromatic N) is 5. The van der Waals surface area contributed by atoms with E-state index in [2.05, 4.69) is 264 Å². The quantitative estimate of drug-likeness (QED) is 0.169. The molecule has 16 aromatic rings. The van der Waals surface area contributed by atoms with E-state index in [9.17, 15) is 5.26 Å². The van der Waals surface area contributed by atoms with Crippen LogP contribution in [0.1, 0.15) is 27.8 Å². The predicted molar refractivity (Wildman–Crippen MR) is 326 cm³/mol. The molecule has 0 unspecified atom stereocenters. The lowest BCUT2D eigenvalue weighted by Crippen LogP contribution is -2.16. The van der Waals surface area contributed by atoms with Gasteiger partial charge in [-0.2, -0.15) is 5.26 Å². The molecule has 0 aliphatic carbocycles. The molecule has 0 N–H and O–H groups in total. The van der Waals surface area contributed by atoms with E-state index in [1.165, 1.54) is 20.2 Å². The minimum Gasteiger partial charge on any atom is -0.306 e. The number of benzene rings is 11. The van der Waals surface area contributed by atoms with Crippen LogP contribution in [0.5, 0.6) is 0 Å². The van der Waals surface area contributed by atoms with Crippen molar-refractivity contribution in [3.8, 4) is 39.9 Å². The molecule has 0 saturated carbocycles. The summed E-state index contributed by atoms with van der Waals surface area (Å²) in [5.74, 6) is 0. The Hall–Kier alpha value is -9.67. The highest BCUT2D eigenvalue weighted by Crippen LogP contribution is 2.54. The van der Waals surface area contributed by atoms with Crippen LogP contribution >= 0.6 is 11.3 Å². The maximum Gasteiger partial charge on any atom is 0.104 e. The van der Waals surface area contributed by atoms with Crippen molar-refractivity contribution in [3.05, 3.63) is 240 Å². The molecular formula is C71H47N5S. The van der Waals surface area contributed by atoms with Gasteiger partial charge in [0.05, 0.1) is 66.9 Å². The van der Waals surface area contributed by atoms with Crippen LogP contribution in [0.25, 0.3) is 141 Å². The average Bonchev–Trinajstić information content (AvgIpc) is 4.47. The van der Waals surface area contributed by atoms with Crippen molar-refractivity contribution in [1.82, 2.24) is 18.3 Å². The number of thiophene rings is 1. The molecule has 362 valence electrons. The first-order valence-electron chi connectivity index (χ1n) is 26.4. The Bertz CT molecular complexity index is 5030. The fraction of sp³-hybridized carbons (Fsp3) is 0.0563. The lowest BCUT2D eigenvalue weighted by molar-refractivity contribution is 1.04. The highest BCUT2D eigenvalue weighted by Gasteiger charge is 2.36. The monoisotopic (exact) mass is 1000 g/mol. The summed E-state index contributed by atoms with van der Waals surface area (Å²) < 4.78 is 12.4. The van der Waals surface area contributed by atoms with Gasteiger partial charge >= 0.3 is 0 Å². The molecular weight excluding hydrogens is 955 g/mol. The zero-order valence-electron chi connectivity index (χ0n) is 42.9. The third-order valence-electron chi connectivity index (χ3n) is 16.4. The van der Waals surface area contributed by atoms with Crippen LogP contribution in [0.4, 0.5) is 0 Å². The SMILES string of the molecule is Cc1ccc2c3ccccc3n(-c3c(C#N)c(-n4c5ccccc5c5ccc(C)cc54)c(-n4c5ccccc5c5ccc(C)cc54)c(-c4cccc5sc6ccccc6c45)c3-n3c4ccccc4c4ccc(C)cc43)c2c1. The molecule has 0 radical (unpaired) electrons. The van der Waals surface area contributed by atoms with E-state index in [4.69, 9.17) is 0 Å². The molecule has 5 heterocycles. The third-order valence-corrected chi connectivity index (χ3v) is 17.5. The number of hydrogen-bond donors (Lipinski definition) is 0. The Morgan fingerprint density at radius 1 is 0.312 bits per heavy atom. The summed E-state index contributed by atoms with van der Waals surface area (Å²) in [7, 11) is 0. The van der Waals surface area contributed by atoms with Gasteiger partial charge in [0.2, 0.25) is 0 Å². The van der Waals surface area contributed by atoms with Crippen molar-refractivity contribution in [2.45, 2.75) is 27.7 Å². The lowest BCUT2D eigenvalue weighted by atomic mass is 9.91. The molecule has 0 saturated heterocycles. The topological polar surface area (TPSA) is 43.5 Å². The zero-order valence-corrected chi connectivity index (χ0v) is 43.7. The van der Waals surface area contributed by atoms with E-state index in [1.807, 2.05) is 11.3 Å². The first-order valence-corrected chi connectivity index (χ1v) is 27.2. The van der Waals surface area contributed by atoms with Gasteiger partial charge in [-0.25, -0.2) is 0 Å². The van der Waals surface area contributed by atoms with Gasteiger partial charge in [0.25, 0.3) is 0 Å². The van der Waals surface area contributed by atoms with Crippen LogP contribution in [0.15, 0.2) is 212 Å². The second-order valence-corrected chi connectivity index (χ2v) is 22.1. The first-order chi connectivity index (χ1) is 37.8. The van der Waals surface area contributed by atoms with E-state index in [0.717, 1.165) is 143 Å². The number of nitriles is 1. The third kappa shape index (κ3) is 6.03. The van der Waals surface area contributed by atoms with Crippen molar-refractivity contribution < 1.29 is 0 Å². The minimum atomic E-state index is 0.562. The zero-order chi connectivity index (χ0) is 51.4. The van der Waals surface area contributed by atoms with E-state index >= 15 is 0 Å². The van der Waals surface area contributed by atoms with Crippen molar-refractivity contribution in [2.24, 2.45) is 0 Å². The first kappa shape index (κ1) is 43.7. The van der Waals surface area contributed by atoms with Gasteiger partial charge in [-0.05, 0) is 116 Å². The average molecular weight is 1000 g/mol. The van der Waals surface area contributed by atoms with Crippen LogP contribution in [0.2, 0.25) is 0 Å². The maximum atomic E-state index is 13.0. The summed E-state index contributed by atoms with van der Waals surface area (Å²) in [6.45, 7) is 8.74.